The summed E-state index contributed by atoms with van der Waals surface area (Å²) in [5.41, 5.74) is 3.10. The fourth-order valence-electron chi connectivity index (χ4n) is 2.19. The Hall–Kier alpha value is -1.87. The van der Waals surface area contributed by atoms with E-state index in [0.717, 1.165) is 21.3 Å². The molecular weight excluding hydrogens is 302 g/mol. The zero-order chi connectivity index (χ0) is 13.2. The van der Waals surface area contributed by atoms with Gasteiger partial charge in [-0.3, -0.25) is 4.79 Å². The summed E-state index contributed by atoms with van der Waals surface area (Å²) in [6.45, 7) is 0.629. The molecule has 1 aliphatic rings. The smallest absolute Gasteiger partial charge is 0.251 e. The predicted molar refractivity (Wildman–Crippen MR) is 80.9 cm³/mol. The van der Waals surface area contributed by atoms with Crippen molar-refractivity contribution < 1.29 is 4.79 Å². The van der Waals surface area contributed by atoms with Crippen molar-refractivity contribution in [2.75, 3.05) is 11.4 Å². The van der Waals surface area contributed by atoms with Crippen molar-refractivity contribution in [1.82, 2.24) is 0 Å². The first kappa shape index (κ1) is 12.2. The Bertz CT molecular complexity index is 632. The molecule has 0 saturated heterocycles. The highest BCUT2D eigenvalue weighted by atomic mass is 79.9. The number of carbonyl (C=O) groups excluding carboxylic acids is 1. The summed E-state index contributed by atoms with van der Waals surface area (Å²) in [5, 5.41) is 0. The molecule has 1 amide bonds. The lowest BCUT2D eigenvalue weighted by Gasteiger charge is -2.16. The maximum atomic E-state index is 12.1. The summed E-state index contributed by atoms with van der Waals surface area (Å²) < 4.78 is 1.01. The van der Waals surface area contributed by atoms with E-state index in [1.807, 2.05) is 54.6 Å². The normalized spacial score (nSPS) is 14.7. The molecule has 19 heavy (non-hydrogen) atoms. The molecule has 0 N–H and O–H groups in total. The number of nitrogens with zero attached hydrogens (tertiary/aromatic N) is 1. The van der Waals surface area contributed by atoms with E-state index in [-0.39, 0.29) is 5.91 Å². The van der Waals surface area contributed by atoms with Gasteiger partial charge in [-0.15, -0.1) is 0 Å². The van der Waals surface area contributed by atoms with Crippen LogP contribution in [0, 0.1) is 0 Å². The highest BCUT2D eigenvalue weighted by molar-refractivity contribution is 9.10. The summed E-state index contributed by atoms with van der Waals surface area (Å²) >= 11 is 3.40. The average Bonchev–Trinajstić information content (AvgIpc) is 2.83. The number of carbonyl (C=O) groups is 1. The van der Waals surface area contributed by atoms with Crippen LogP contribution in [-0.4, -0.2) is 12.5 Å². The highest BCUT2D eigenvalue weighted by Crippen LogP contribution is 2.27. The molecule has 2 aromatic rings. The first-order chi connectivity index (χ1) is 9.24. The lowest BCUT2D eigenvalue weighted by Crippen LogP contribution is -2.24. The Kier molecular flexibility index (Phi) is 3.22. The number of benzene rings is 2. The van der Waals surface area contributed by atoms with Crippen molar-refractivity contribution in [1.29, 1.82) is 0 Å². The Labute approximate surface area is 120 Å². The molecule has 3 heteroatoms. The van der Waals surface area contributed by atoms with Crippen LogP contribution in [0.3, 0.4) is 0 Å². The Morgan fingerprint density at radius 2 is 1.63 bits per heavy atom. The van der Waals surface area contributed by atoms with E-state index in [1.165, 1.54) is 0 Å². The number of hydrogen-bond acceptors (Lipinski definition) is 1. The topological polar surface area (TPSA) is 20.3 Å². The molecule has 0 unspecified atom stereocenters. The molecule has 2 aromatic carbocycles. The van der Waals surface area contributed by atoms with E-state index in [0.29, 0.717) is 6.54 Å². The van der Waals surface area contributed by atoms with Gasteiger partial charge in [-0.2, -0.15) is 0 Å². The van der Waals surface area contributed by atoms with Gasteiger partial charge in [0.05, 0.1) is 6.54 Å². The molecule has 2 nitrogen and oxygen atoms in total. The third kappa shape index (κ3) is 2.47. The second kappa shape index (κ2) is 5.02. The molecule has 0 aliphatic carbocycles. The van der Waals surface area contributed by atoms with E-state index in [2.05, 4.69) is 15.9 Å². The fraction of sp³-hybridized carbons (Fsp3) is 0.0625. The Balaban J connectivity index is 1.86. The third-order valence-electron chi connectivity index (χ3n) is 3.18. The van der Waals surface area contributed by atoms with E-state index in [1.54, 1.807) is 11.0 Å². The SMILES string of the molecule is O=C1C=C(c2ccccc2)CN1c1ccc(Br)cc1. The van der Waals surface area contributed by atoms with Crippen LogP contribution in [0.25, 0.3) is 5.57 Å². The quantitative estimate of drug-likeness (QED) is 0.824. The minimum absolute atomic E-state index is 0.0428. The van der Waals surface area contributed by atoms with Crippen molar-refractivity contribution in [3.63, 3.8) is 0 Å². The number of halogens is 1. The molecule has 0 radical (unpaired) electrons. The fourth-order valence-corrected chi connectivity index (χ4v) is 2.45. The van der Waals surface area contributed by atoms with Crippen molar-refractivity contribution in [3.05, 3.63) is 70.7 Å². The molecule has 94 valence electrons. The van der Waals surface area contributed by atoms with Gasteiger partial charge in [0.1, 0.15) is 0 Å². The minimum Gasteiger partial charge on any atom is -0.304 e. The van der Waals surface area contributed by atoms with Crippen LogP contribution in [0.1, 0.15) is 5.56 Å². The maximum absolute atomic E-state index is 12.1. The first-order valence-electron chi connectivity index (χ1n) is 6.07. The zero-order valence-corrected chi connectivity index (χ0v) is 11.8. The Morgan fingerprint density at radius 3 is 2.32 bits per heavy atom. The van der Waals surface area contributed by atoms with Crippen molar-refractivity contribution in [3.8, 4) is 0 Å². The van der Waals surface area contributed by atoms with Gasteiger partial charge < -0.3 is 4.90 Å². The molecule has 0 spiro atoms. The van der Waals surface area contributed by atoms with Crippen molar-refractivity contribution in [2.24, 2.45) is 0 Å². The van der Waals surface area contributed by atoms with Crippen LogP contribution >= 0.6 is 15.9 Å². The average molecular weight is 314 g/mol. The molecule has 0 bridgehead atoms. The minimum atomic E-state index is 0.0428. The number of anilines is 1. The van der Waals surface area contributed by atoms with Crippen LogP contribution in [0.4, 0.5) is 5.69 Å². The summed E-state index contributed by atoms with van der Waals surface area (Å²) in [6, 6.07) is 17.8. The van der Waals surface area contributed by atoms with Gasteiger partial charge in [0.25, 0.3) is 5.91 Å². The van der Waals surface area contributed by atoms with Gasteiger partial charge in [-0.1, -0.05) is 46.3 Å². The second-order valence-electron chi connectivity index (χ2n) is 4.44. The number of amides is 1. The number of hydrogen-bond donors (Lipinski definition) is 0. The monoisotopic (exact) mass is 313 g/mol. The lowest BCUT2D eigenvalue weighted by molar-refractivity contribution is -0.113. The van der Waals surface area contributed by atoms with E-state index < -0.39 is 0 Å². The van der Waals surface area contributed by atoms with Gasteiger partial charge in [0, 0.05) is 16.2 Å². The second-order valence-corrected chi connectivity index (χ2v) is 5.35. The molecule has 0 atom stereocenters. The molecule has 3 rings (SSSR count). The molecule has 0 saturated carbocycles. The van der Waals surface area contributed by atoms with Crippen LogP contribution in [0.2, 0.25) is 0 Å². The van der Waals surface area contributed by atoms with Crippen LogP contribution in [-0.2, 0) is 4.79 Å². The first-order valence-corrected chi connectivity index (χ1v) is 6.86. The standard InChI is InChI=1S/C16H12BrNO/c17-14-6-8-15(9-7-14)18-11-13(10-16(18)19)12-4-2-1-3-5-12/h1-10H,11H2. The number of rotatable bonds is 2. The van der Waals surface area contributed by atoms with Gasteiger partial charge >= 0.3 is 0 Å². The Morgan fingerprint density at radius 1 is 0.947 bits per heavy atom. The molecule has 1 heterocycles. The van der Waals surface area contributed by atoms with Crippen LogP contribution in [0.5, 0.6) is 0 Å². The predicted octanol–water partition coefficient (Wildman–Crippen LogP) is 3.88. The van der Waals surface area contributed by atoms with Crippen LogP contribution in [0.15, 0.2) is 65.1 Å². The maximum Gasteiger partial charge on any atom is 0.251 e. The van der Waals surface area contributed by atoms with E-state index in [4.69, 9.17) is 0 Å². The molecule has 0 aromatic heterocycles. The third-order valence-corrected chi connectivity index (χ3v) is 3.70. The molecular formula is C16H12BrNO. The van der Waals surface area contributed by atoms with E-state index in [9.17, 15) is 4.79 Å². The largest absolute Gasteiger partial charge is 0.304 e. The molecule has 0 fully saturated rings. The van der Waals surface area contributed by atoms with Gasteiger partial charge in [-0.05, 0) is 35.4 Å². The summed E-state index contributed by atoms with van der Waals surface area (Å²) in [7, 11) is 0. The summed E-state index contributed by atoms with van der Waals surface area (Å²) in [4.78, 5) is 13.9. The molecule has 1 aliphatic heterocycles. The van der Waals surface area contributed by atoms with Crippen LogP contribution < -0.4 is 4.90 Å². The van der Waals surface area contributed by atoms with E-state index >= 15 is 0 Å². The highest BCUT2D eigenvalue weighted by Gasteiger charge is 2.23. The van der Waals surface area contributed by atoms with Crippen molar-refractivity contribution >= 4 is 33.1 Å². The van der Waals surface area contributed by atoms with Gasteiger partial charge in [-0.25, -0.2) is 0 Å². The summed E-state index contributed by atoms with van der Waals surface area (Å²) in [5.74, 6) is 0.0428. The van der Waals surface area contributed by atoms with Crippen molar-refractivity contribution in [2.45, 2.75) is 0 Å². The zero-order valence-electron chi connectivity index (χ0n) is 10.2. The lowest BCUT2D eigenvalue weighted by atomic mass is 10.1. The van der Waals surface area contributed by atoms with Gasteiger partial charge in [0.15, 0.2) is 0 Å². The summed E-state index contributed by atoms with van der Waals surface area (Å²) in [6.07, 6.45) is 1.72. The van der Waals surface area contributed by atoms with Gasteiger partial charge in [0.2, 0.25) is 0 Å².